The van der Waals surface area contributed by atoms with Crippen molar-refractivity contribution >= 4 is 11.9 Å². The lowest BCUT2D eigenvalue weighted by Crippen LogP contribution is -2.39. The van der Waals surface area contributed by atoms with Crippen LogP contribution in [0, 0.1) is 0 Å². The Morgan fingerprint density at radius 2 is 1.90 bits per heavy atom. The van der Waals surface area contributed by atoms with Crippen molar-refractivity contribution in [2.75, 3.05) is 6.73 Å². The third kappa shape index (κ3) is 6.58. The van der Waals surface area contributed by atoms with Crippen LogP contribution in [0.5, 0.6) is 5.75 Å². The van der Waals surface area contributed by atoms with E-state index in [-0.39, 0.29) is 13.2 Å². The summed E-state index contributed by atoms with van der Waals surface area (Å²) in [5.41, 5.74) is 0.807. The summed E-state index contributed by atoms with van der Waals surface area (Å²) in [6.07, 6.45) is 0.287. The van der Waals surface area contributed by atoms with Gasteiger partial charge in [-0.3, -0.25) is 14.9 Å². The second-order valence-corrected chi connectivity index (χ2v) is 4.53. The Kier molecular flexibility index (Phi) is 6.42. The summed E-state index contributed by atoms with van der Waals surface area (Å²) < 4.78 is 10.0. The predicted octanol–water partition coefficient (Wildman–Crippen LogP) is 1.70. The van der Waals surface area contributed by atoms with Crippen molar-refractivity contribution in [3.05, 3.63) is 42.2 Å². The number of esters is 1. The molecule has 0 aromatic heterocycles. The Morgan fingerprint density at radius 1 is 1.29 bits per heavy atom. The van der Waals surface area contributed by atoms with Crippen molar-refractivity contribution in [2.45, 2.75) is 26.3 Å². The van der Waals surface area contributed by atoms with E-state index >= 15 is 0 Å². The van der Waals surface area contributed by atoms with Crippen molar-refractivity contribution in [1.29, 1.82) is 0 Å². The maximum atomic E-state index is 11.2. The summed E-state index contributed by atoms with van der Waals surface area (Å²) >= 11 is 0. The highest BCUT2D eigenvalue weighted by atomic mass is 16.5. The fraction of sp³-hybridized carbons (Fsp3) is 0.333. The van der Waals surface area contributed by atoms with Gasteiger partial charge in [-0.1, -0.05) is 18.7 Å². The molecule has 0 fully saturated rings. The van der Waals surface area contributed by atoms with E-state index < -0.39 is 18.0 Å². The smallest absolute Gasteiger partial charge is 0.321 e. The van der Waals surface area contributed by atoms with E-state index in [9.17, 15) is 9.59 Å². The van der Waals surface area contributed by atoms with Gasteiger partial charge < -0.3 is 14.6 Å². The zero-order valence-electron chi connectivity index (χ0n) is 12.1. The molecule has 0 amide bonds. The van der Waals surface area contributed by atoms with Crippen LogP contribution in [-0.2, 0) is 20.7 Å². The highest BCUT2D eigenvalue weighted by molar-refractivity contribution is 5.74. The number of carboxylic acid groups (broad SMARTS) is 1. The van der Waals surface area contributed by atoms with Crippen LogP contribution in [0.25, 0.3) is 0 Å². The van der Waals surface area contributed by atoms with Gasteiger partial charge in [0.25, 0.3) is 0 Å². The quantitative estimate of drug-likeness (QED) is 0.328. The van der Waals surface area contributed by atoms with Crippen molar-refractivity contribution in [3.63, 3.8) is 0 Å². The fourth-order valence-electron chi connectivity index (χ4n) is 1.61. The Balaban J connectivity index is 2.60. The number of allylic oxidation sites excluding steroid dienone is 1. The molecule has 21 heavy (non-hydrogen) atoms. The summed E-state index contributed by atoms with van der Waals surface area (Å²) in [6.45, 7) is 6.65. The lowest BCUT2D eigenvalue weighted by atomic mass is 10.1. The highest BCUT2D eigenvalue weighted by Gasteiger charge is 2.17. The minimum atomic E-state index is -0.968. The first-order chi connectivity index (χ1) is 9.88. The van der Waals surface area contributed by atoms with Crippen molar-refractivity contribution in [1.82, 2.24) is 5.32 Å². The Morgan fingerprint density at radius 3 is 2.38 bits per heavy atom. The molecule has 6 nitrogen and oxygen atoms in total. The molecule has 1 aromatic rings. The normalized spacial score (nSPS) is 11.5. The molecule has 0 spiro atoms. The van der Waals surface area contributed by atoms with Gasteiger partial charge in [0.2, 0.25) is 0 Å². The molecule has 2 N–H and O–H groups in total. The number of rotatable bonds is 8. The highest BCUT2D eigenvalue weighted by Crippen LogP contribution is 2.13. The van der Waals surface area contributed by atoms with Crippen LogP contribution >= 0.6 is 0 Å². The molecule has 1 rings (SSSR count). The Labute approximate surface area is 123 Å². The van der Waals surface area contributed by atoms with Gasteiger partial charge in [-0.05, 0) is 31.0 Å². The van der Waals surface area contributed by atoms with Crippen LogP contribution < -0.4 is 10.1 Å². The molecule has 1 atom stereocenters. The van der Waals surface area contributed by atoms with E-state index in [4.69, 9.17) is 14.6 Å². The molecular formula is C15H19NO5. The molecule has 6 heteroatoms. The molecule has 1 aromatic carbocycles. The number of hydrogen-bond acceptors (Lipinski definition) is 5. The summed E-state index contributed by atoms with van der Waals surface area (Å²) in [5.74, 6) is -0.428. The van der Waals surface area contributed by atoms with Crippen LogP contribution in [-0.4, -0.2) is 29.8 Å². The molecule has 114 valence electrons. The summed E-state index contributed by atoms with van der Waals surface area (Å²) in [6, 6.07) is 5.91. The van der Waals surface area contributed by atoms with Gasteiger partial charge in [0.1, 0.15) is 18.5 Å². The first-order valence-corrected chi connectivity index (χ1v) is 6.40. The third-order valence-corrected chi connectivity index (χ3v) is 2.57. The average molecular weight is 293 g/mol. The largest absolute Gasteiger partial charge is 0.484 e. The number of ether oxygens (including phenoxy) is 2. The number of benzene rings is 1. The standard InChI is InChI=1S/C15H19NO5/c1-10(2)20-9-16-14(15(18)19)8-12-4-6-13(7-5-12)21-11(3)17/h4-7,14,16H,1,8-9H2,2-3H3,(H,18,19). The molecule has 0 saturated heterocycles. The molecule has 0 aliphatic rings. The fourth-order valence-corrected chi connectivity index (χ4v) is 1.61. The maximum absolute atomic E-state index is 11.2. The van der Waals surface area contributed by atoms with Gasteiger partial charge in [-0.15, -0.1) is 0 Å². The number of aliphatic carboxylic acids is 1. The number of carbonyl (C=O) groups is 2. The van der Waals surface area contributed by atoms with Crippen molar-refractivity contribution < 1.29 is 24.2 Å². The molecule has 0 bridgehead atoms. The van der Waals surface area contributed by atoms with Gasteiger partial charge in [0.05, 0.1) is 5.76 Å². The maximum Gasteiger partial charge on any atom is 0.321 e. The first kappa shape index (κ1) is 16.7. The number of carboxylic acids is 1. The average Bonchev–Trinajstić information content (AvgIpc) is 2.38. The van der Waals surface area contributed by atoms with Gasteiger partial charge in [0, 0.05) is 6.92 Å². The van der Waals surface area contributed by atoms with E-state index in [0.29, 0.717) is 11.5 Å². The second kappa shape index (κ2) is 8.06. The molecule has 0 aliphatic carbocycles. The Bertz CT molecular complexity index is 509. The molecule has 0 aliphatic heterocycles. The molecule has 1 unspecified atom stereocenters. The molecule has 0 heterocycles. The predicted molar refractivity (Wildman–Crippen MR) is 76.8 cm³/mol. The van der Waals surface area contributed by atoms with Crippen molar-refractivity contribution in [2.24, 2.45) is 0 Å². The van der Waals surface area contributed by atoms with Crippen LogP contribution in [0.15, 0.2) is 36.6 Å². The lowest BCUT2D eigenvalue weighted by Gasteiger charge is -2.15. The third-order valence-electron chi connectivity index (χ3n) is 2.57. The number of nitrogens with one attached hydrogen (secondary N) is 1. The SMILES string of the molecule is C=C(C)OCNC(Cc1ccc(OC(C)=O)cc1)C(=O)O. The van der Waals surface area contributed by atoms with Crippen LogP contribution in [0.2, 0.25) is 0 Å². The Hall–Kier alpha value is -2.34. The van der Waals surface area contributed by atoms with Gasteiger partial charge >= 0.3 is 11.9 Å². The minimum Gasteiger partial charge on any atom is -0.484 e. The summed E-state index contributed by atoms with van der Waals surface area (Å²) in [4.78, 5) is 22.0. The monoisotopic (exact) mass is 293 g/mol. The van der Waals surface area contributed by atoms with Gasteiger partial charge in [-0.25, -0.2) is 0 Å². The second-order valence-electron chi connectivity index (χ2n) is 4.53. The van der Waals surface area contributed by atoms with E-state index in [0.717, 1.165) is 5.56 Å². The van der Waals surface area contributed by atoms with E-state index in [2.05, 4.69) is 11.9 Å². The number of hydrogen-bond donors (Lipinski definition) is 2. The van der Waals surface area contributed by atoms with Crippen LogP contribution in [0.4, 0.5) is 0 Å². The summed E-state index contributed by atoms with van der Waals surface area (Å²) in [7, 11) is 0. The van der Waals surface area contributed by atoms with E-state index in [1.807, 2.05) is 0 Å². The lowest BCUT2D eigenvalue weighted by molar-refractivity contribution is -0.140. The molecule has 0 radical (unpaired) electrons. The summed E-state index contributed by atoms with van der Waals surface area (Å²) in [5, 5.41) is 11.9. The van der Waals surface area contributed by atoms with Crippen molar-refractivity contribution in [3.8, 4) is 5.75 Å². The van der Waals surface area contributed by atoms with E-state index in [1.54, 1.807) is 31.2 Å². The zero-order chi connectivity index (χ0) is 15.8. The molecular weight excluding hydrogens is 274 g/mol. The van der Waals surface area contributed by atoms with E-state index in [1.165, 1.54) is 6.92 Å². The molecule has 0 saturated carbocycles. The van der Waals surface area contributed by atoms with Crippen LogP contribution in [0.1, 0.15) is 19.4 Å². The first-order valence-electron chi connectivity index (χ1n) is 6.40. The number of carbonyl (C=O) groups excluding carboxylic acids is 1. The zero-order valence-corrected chi connectivity index (χ0v) is 12.1. The topological polar surface area (TPSA) is 84.9 Å². The van der Waals surface area contributed by atoms with Gasteiger partial charge in [-0.2, -0.15) is 0 Å². The van der Waals surface area contributed by atoms with Gasteiger partial charge in [0.15, 0.2) is 0 Å². The minimum absolute atomic E-state index is 0.0812. The van der Waals surface area contributed by atoms with Crippen LogP contribution in [0.3, 0.4) is 0 Å².